The molecule has 210 valence electrons. The van der Waals surface area contributed by atoms with Gasteiger partial charge in [0.05, 0.1) is 12.6 Å². The van der Waals surface area contributed by atoms with Crippen molar-refractivity contribution in [2.24, 2.45) is 0 Å². The first-order valence-corrected chi connectivity index (χ1v) is 14.9. The highest BCUT2D eigenvalue weighted by Crippen LogP contribution is 2.38. The number of nitrogens with one attached hydrogen (secondary N) is 1. The molecule has 2 aliphatic heterocycles. The lowest BCUT2D eigenvalue weighted by molar-refractivity contribution is -0.143. The third-order valence-electron chi connectivity index (χ3n) is 8.29. The van der Waals surface area contributed by atoms with E-state index in [1.165, 1.54) is 17.2 Å². The Morgan fingerprint density at radius 3 is 2.58 bits per heavy atom. The van der Waals surface area contributed by atoms with E-state index in [9.17, 15) is 22.8 Å². The molecule has 2 saturated heterocycles. The summed E-state index contributed by atoms with van der Waals surface area (Å²) < 4.78 is 39.0. The highest BCUT2D eigenvalue weighted by atomic mass is 32.2. The zero-order valence-electron chi connectivity index (χ0n) is 22.0. The van der Waals surface area contributed by atoms with Crippen LogP contribution < -0.4 is 10.1 Å². The summed E-state index contributed by atoms with van der Waals surface area (Å²) in [4.78, 5) is 45.9. The van der Waals surface area contributed by atoms with E-state index in [0.29, 0.717) is 43.3 Å². The normalized spacial score (nSPS) is 22.8. The summed E-state index contributed by atoms with van der Waals surface area (Å²) in [6.07, 6.45) is 4.00. The number of benzene rings is 1. The van der Waals surface area contributed by atoms with E-state index in [1.807, 2.05) is 18.2 Å². The fraction of sp³-hybridized carbons (Fsp3) is 0.429. The minimum absolute atomic E-state index is 0.0553. The molecule has 3 aliphatic rings. The Morgan fingerprint density at radius 1 is 1.10 bits per heavy atom. The molecular formula is C28H30N4O7S. The molecule has 1 aromatic carbocycles. The number of hydrogen-bond acceptors (Lipinski definition) is 8. The summed E-state index contributed by atoms with van der Waals surface area (Å²) >= 11 is 0. The van der Waals surface area contributed by atoms with Crippen molar-refractivity contribution in [3.8, 4) is 5.95 Å². The largest absolute Gasteiger partial charge is 0.425 e. The summed E-state index contributed by atoms with van der Waals surface area (Å²) in [5, 5.41) is 3.51. The second kappa shape index (κ2) is 10.0. The van der Waals surface area contributed by atoms with Gasteiger partial charge in [-0.05, 0) is 44.4 Å². The lowest BCUT2D eigenvalue weighted by Gasteiger charge is -2.40. The van der Waals surface area contributed by atoms with Crippen LogP contribution in [0.1, 0.15) is 44.1 Å². The van der Waals surface area contributed by atoms with Crippen molar-refractivity contribution in [3.63, 3.8) is 0 Å². The van der Waals surface area contributed by atoms with E-state index in [2.05, 4.69) is 10.3 Å². The summed E-state index contributed by atoms with van der Waals surface area (Å²) in [5.41, 5.74) is -0.0141. The van der Waals surface area contributed by atoms with Gasteiger partial charge in [-0.15, -0.1) is 0 Å². The van der Waals surface area contributed by atoms with Gasteiger partial charge >= 0.3 is 6.09 Å². The van der Waals surface area contributed by atoms with Crippen LogP contribution in [0.3, 0.4) is 0 Å². The number of Topliss-reactive ketones (excluding diaryl/α,β-unsaturated/α-hetero) is 1. The maximum Gasteiger partial charge on any atom is 0.415 e. The molecule has 1 saturated carbocycles. The number of aromatic nitrogens is 1. The number of sulfonamides is 1. The van der Waals surface area contributed by atoms with Gasteiger partial charge in [-0.3, -0.25) is 9.59 Å². The van der Waals surface area contributed by atoms with Gasteiger partial charge < -0.3 is 19.4 Å². The number of furan rings is 1. The molecular weight excluding hydrogens is 536 g/mol. The number of carbonyl (C=O) groups is 3. The number of fused-ring (bicyclic) bond motifs is 2. The summed E-state index contributed by atoms with van der Waals surface area (Å²) in [5.74, 6) is -0.676. The maximum atomic E-state index is 14.1. The van der Waals surface area contributed by atoms with Crippen LogP contribution in [0.4, 0.5) is 4.79 Å². The molecule has 3 fully saturated rings. The third kappa shape index (κ3) is 4.35. The molecule has 3 aromatic rings. The van der Waals surface area contributed by atoms with Crippen LogP contribution in [-0.4, -0.2) is 71.1 Å². The number of rotatable bonds is 5. The van der Waals surface area contributed by atoms with E-state index < -0.39 is 33.7 Å². The van der Waals surface area contributed by atoms with Crippen LogP contribution in [0.15, 0.2) is 58.1 Å². The van der Waals surface area contributed by atoms with Crippen LogP contribution in [0.2, 0.25) is 0 Å². The number of pyridine rings is 1. The minimum atomic E-state index is -4.02. The summed E-state index contributed by atoms with van der Waals surface area (Å²) in [6.45, 7) is 1.66. The number of likely N-dealkylation sites (tertiary alicyclic amines) is 1. The van der Waals surface area contributed by atoms with Crippen LogP contribution in [0.5, 0.6) is 5.95 Å². The lowest BCUT2D eigenvalue weighted by atomic mass is 9.80. The maximum absolute atomic E-state index is 14.1. The molecule has 2 amide bonds. The highest BCUT2D eigenvalue weighted by molar-refractivity contribution is 7.89. The molecule has 1 N–H and O–H groups in total. The molecule has 11 nitrogen and oxygen atoms in total. The topological polar surface area (TPSA) is 139 Å². The minimum Gasteiger partial charge on any atom is -0.425 e. The smallest absolute Gasteiger partial charge is 0.415 e. The lowest BCUT2D eigenvalue weighted by Crippen LogP contribution is -2.62. The fourth-order valence-corrected chi connectivity index (χ4v) is 7.88. The summed E-state index contributed by atoms with van der Waals surface area (Å²) in [6, 6.07) is 10.3. The average Bonchev–Trinajstić information content (AvgIpc) is 3.63. The van der Waals surface area contributed by atoms with Crippen LogP contribution in [0, 0.1) is 6.92 Å². The molecule has 2 aromatic heterocycles. The number of aryl methyl sites for hydroxylation is 1. The van der Waals surface area contributed by atoms with Gasteiger partial charge in [-0.25, -0.2) is 18.2 Å². The first-order valence-electron chi connectivity index (χ1n) is 13.5. The van der Waals surface area contributed by atoms with Gasteiger partial charge in [0.1, 0.15) is 17.2 Å². The standard InChI is InChI=1S/C28H30N4O7S/c1-18-19-9-3-4-10-22(19)38-25(18)39-27(35)30-28(13-6-2-7-14-28)26(34)31-16-12-20-24(31)21(33)17-32(20)40(36,37)23-11-5-8-15-29-23/h3-5,8-11,15,20,24H,2,6-7,12-14,16-17H2,1H3,(H,30,35). The molecule has 1 aliphatic carbocycles. The van der Waals surface area contributed by atoms with E-state index in [-0.39, 0.29) is 35.8 Å². The molecule has 6 rings (SSSR count). The van der Waals surface area contributed by atoms with E-state index in [4.69, 9.17) is 9.15 Å². The predicted octanol–water partition coefficient (Wildman–Crippen LogP) is 3.17. The van der Waals surface area contributed by atoms with Crippen LogP contribution in [0.25, 0.3) is 11.0 Å². The predicted molar refractivity (Wildman–Crippen MR) is 143 cm³/mol. The molecule has 4 heterocycles. The Balaban J connectivity index is 1.23. The van der Waals surface area contributed by atoms with E-state index in [1.54, 1.807) is 25.1 Å². The molecule has 0 radical (unpaired) electrons. The van der Waals surface area contributed by atoms with Crippen molar-refractivity contribution in [3.05, 3.63) is 54.2 Å². The van der Waals surface area contributed by atoms with Gasteiger partial charge in [-0.2, -0.15) is 4.31 Å². The number of amides is 2. The molecule has 0 spiro atoms. The Bertz CT molecular complexity index is 1580. The SMILES string of the molecule is Cc1c(OC(=O)NC2(C(=O)N3CCC4C3C(=O)CN4S(=O)(=O)c3ccccn3)CCCCC2)oc2ccccc12. The number of carbonyl (C=O) groups excluding carboxylic acids is 3. The first kappa shape index (κ1) is 26.5. The number of ether oxygens (including phenoxy) is 1. The second-order valence-corrected chi connectivity index (χ2v) is 12.5. The van der Waals surface area contributed by atoms with Crippen molar-refractivity contribution in [1.29, 1.82) is 0 Å². The fourth-order valence-electron chi connectivity index (χ4n) is 6.32. The number of ketones is 1. The van der Waals surface area contributed by atoms with Crippen molar-refractivity contribution >= 4 is 38.8 Å². The average molecular weight is 567 g/mol. The van der Waals surface area contributed by atoms with Gasteiger partial charge in [0, 0.05) is 23.7 Å². The Morgan fingerprint density at radius 2 is 1.85 bits per heavy atom. The highest BCUT2D eigenvalue weighted by Gasteiger charge is 2.57. The Kier molecular flexibility index (Phi) is 6.62. The number of para-hydroxylation sites is 1. The monoisotopic (exact) mass is 566 g/mol. The van der Waals surface area contributed by atoms with Crippen molar-refractivity contribution < 1.29 is 32.0 Å². The van der Waals surface area contributed by atoms with Gasteiger partial charge in [-0.1, -0.05) is 43.5 Å². The second-order valence-electron chi connectivity index (χ2n) is 10.7. The zero-order chi connectivity index (χ0) is 28.1. The first-order chi connectivity index (χ1) is 19.2. The van der Waals surface area contributed by atoms with Crippen molar-refractivity contribution in [2.75, 3.05) is 13.1 Å². The molecule has 0 bridgehead atoms. The van der Waals surface area contributed by atoms with Gasteiger partial charge in [0.25, 0.3) is 16.0 Å². The Hall–Kier alpha value is -3.77. The van der Waals surface area contributed by atoms with E-state index in [0.717, 1.165) is 16.1 Å². The molecule has 2 unspecified atom stereocenters. The molecule has 2 atom stereocenters. The number of nitrogens with zero attached hydrogens (tertiary/aromatic N) is 3. The summed E-state index contributed by atoms with van der Waals surface area (Å²) in [7, 11) is -4.02. The third-order valence-corrected chi connectivity index (χ3v) is 10.1. The van der Waals surface area contributed by atoms with Crippen molar-refractivity contribution in [1.82, 2.24) is 19.5 Å². The van der Waals surface area contributed by atoms with Gasteiger partial charge in [0.2, 0.25) is 5.91 Å². The van der Waals surface area contributed by atoms with Gasteiger partial charge in [0.15, 0.2) is 10.8 Å². The zero-order valence-corrected chi connectivity index (χ0v) is 22.9. The van der Waals surface area contributed by atoms with Crippen LogP contribution in [-0.2, 0) is 19.6 Å². The Labute approximate surface area is 231 Å². The van der Waals surface area contributed by atoms with Crippen molar-refractivity contribution in [2.45, 2.75) is 68.1 Å². The quantitative estimate of drug-likeness (QED) is 0.497. The van der Waals surface area contributed by atoms with E-state index >= 15 is 0 Å². The number of hydrogen-bond donors (Lipinski definition) is 1. The molecule has 12 heteroatoms. The molecule has 40 heavy (non-hydrogen) atoms. The van der Waals surface area contributed by atoms with Crippen LogP contribution >= 0.6 is 0 Å².